The van der Waals surface area contributed by atoms with E-state index in [9.17, 15) is 4.79 Å². The highest BCUT2D eigenvalue weighted by molar-refractivity contribution is 6.02. The van der Waals surface area contributed by atoms with E-state index in [2.05, 4.69) is 15.4 Å². The molecule has 7 heteroatoms. The Morgan fingerprint density at radius 3 is 3.00 bits per heavy atom. The van der Waals surface area contributed by atoms with Gasteiger partial charge in [-0.3, -0.25) is 9.69 Å². The molecule has 0 aromatic carbocycles. The number of morpholine rings is 1. The fourth-order valence-electron chi connectivity index (χ4n) is 3.17. The lowest BCUT2D eigenvalue weighted by Gasteiger charge is -2.35. The van der Waals surface area contributed by atoms with E-state index in [0.717, 1.165) is 19.7 Å². The molecule has 1 amide bonds. The maximum atomic E-state index is 12.2. The standard InChI is InChI=1S/C14H26N4O3/c1-9(2)12(13(15)17-20)14(19)16-6-11-7-18-5-3-4-10(18)8-21-11/h9-12,20H,3-8H2,1-2H3,(H2,15,17)(H,16,19). The predicted octanol–water partition coefficient (Wildman–Crippen LogP) is -0.0156. The summed E-state index contributed by atoms with van der Waals surface area (Å²) in [6.45, 7) is 6.93. The molecule has 2 heterocycles. The van der Waals surface area contributed by atoms with Gasteiger partial charge in [-0.05, 0) is 25.3 Å². The maximum Gasteiger partial charge on any atom is 0.231 e. The zero-order valence-electron chi connectivity index (χ0n) is 12.8. The zero-order valence-corrected chi connectivity index (χ0v) is 12.8. The van der Waals surface area contributed by atoms with E-state index in [4.69, 9.17) is 15.7 Å². The Morgan fingerprint density at radius 1 is 1.57 bits per heavy atom. The second-order valence-electron chi connectivity index (χ2n) is 6.24. The second kappa shape index (κ2) is 7.09. The van der Waals surface area contributed by atoms with Gasteiger partial charge in [0.2, 0.25) is 5.91 Å². The Balaban J connectivity index is 1.83. The summed E-state index contributed by atoms with van der Waals surface area (Å²) in [5, 5.41) is 14.6. The lowest BCUT2D eigenvalue weighted by molar-refractivity contribution is -0.125. The summed E-state index contributed by atoms with van der Waals surface area (Å²) in [4.78, 5) is 14.6. The normalized spacial score (nSPS) is 28.4. The number of nitrogens with zero attached hydrogens (tertiary/aromatic N) is 2. The third kappa shape index (κ3) is 3.85. The Labute approximate surface area is 125 Å². The molecule has 2 rings (SSSR count). The number of fused-ring (bicyclic) bond motifs is 1. The minimum absolute atomic E-state index is 0.0170. The third-order valence-corrected chi connectivity index (χ3v) is 4.35. The molecule has 2 saturated heterocycles. The summed E-state index contributed by atoms with van der Waals surface area (Å²) < 4.78 is 5.80. The first-order valence-corrected chi connectivity index (χ1v) is 7.63. The Morgan fingerprint density at radius 2 is 2.33 bits per heavy atom. The molecule has 2 aliphatic rings. The topological polar surface area (TPSA) is 100 Å². The molecule has 0 saturated carbocycles. The van der Waals surface area contributed by atoms with E-state index < -0.39 is 5.92 Å². The number of nitrogens with two attached hydrogens (primary N) is 1. The molecule has 120 valence electrons. The summed E-state index contributed by atoms with van der Waals surface area (Å²) in [7, 11) is 0. The Hall–Kier alpha value is -1.34. The van der Waals surface area contributed by atoms with Gasteiger partial charge in [0.15, 0.2) is 5.84 Å². The van der Waals surface area contributed by atoms with E-state index in [0.29, 0.717) is 12.6 Å². The number of hydrogen-bond acceptors (Lipinski definition) is 5. The summed E-state index contributed by atoms with van der Waals surface area (Å²) in [6.07, 6.45) is 2.45. The monoisotopic (exact) mass is 298 g/mol. The van der Waals surface area contributed by atoms with Gasteiger partial charge >= 0.3 is 0 Å². The number of carbonyl (C=O) groups is 1. The first kappa shape index (κ1) is 16.0. The lowest BCUT2D eigenvalue weighted by atomic mass is 9.94. The number of ether oxygens (including phenoxy) is 1. The van der Waals surface area contributed by atoms with Gasteiger partial charge in [0.25, 0.3) is 0 Å². The van der Waals surface area contributed by atoms with Crippen molar-refractivity contribution in [3.05, 3.63) is 0 Å². The number of hydrogen-bond donors (Lipinski definition) is 3. The average Bonchev–Trinajstić information content (AvgIpc) is 2.92. The maximum absolute atomic E-state index is 12.2. The van der Waals surface area contributed by atoms with E-state index >= 15 is 0 Å². The van der Waals surface area contributed by atoms with Crippen LogP contribution in [0.25, 0.3) is 0 Å². The van der Waals surface area contributed by atoms with Crippen LogP contribution in [0.2, 0.25) is 0 Å². The highest BCUT2D eigenvalue weighted by atomic mass is 16.5. The number of amides is 1. The van der Waals surface area contributed by atoms with Crippen LogP contribution in [0.4, 0.5) is 0 Å². The van der Waals surface area contributed by atoms with Crippen LogP contribution in [0.3, 0.4) is 0 Å². The first-order valence-electron chi connectivity index (χ1n) is 7.63. The van der Waals surface area contributed by atoms with Crippen LogP contribution < -0.4 is 11.1 Å². The van der Waals surface area contributed by atoms with Crippen molar-refractivity contribution in [3.63, 3.8) is 0 Å². The van der Waals surface area contributed by atoms with Gasteiger partial charge in [-0.25, -0.2) is 0 Å². The second-order valence-corrected chi connectivity index (χ2v) is 6.24. The molecular formula is C14H26N4O3. The fourth-order valence-corrected chi connectivity index (χ4v) is 3.17. The molecule has 3 atom stereocenters. The van der Waals surface area contributed by atoms with Crippen LogP contribution in [0.5, 0.6) is 0 Å². The summed E-state index contributed by atoms with van der Waals surface area (Å²) in [5.41, 5.74) is 5.60. The summed E-state index contributed by atoms with van der Waals surface area (Å²) >= 11 is 0. The van der Waals surface area contributed by atoms with Crippen LogP contribution in [0, 0.1) is 11.8 Å². The van der Waals surface area contributed by atoms with Crippen LogP contribution in [0.1, 0.15) is 26.7 Å². The number of carbonyl (C=O) groups excluding carboxylic acids is 1. The summed E-state index contributed by atoms with van der Waals surface area (Å²) in [6, 6.07) is 0.553. The largest absolute Gasteiger partial charge is 0.409 e. The number of rotatable bonds is 5. The molecule has 2 fully saturated rings. The molecule has 0 aromatic heterocycles. The van der Waals surface area contributed by atoms with Crippen molar-refractivity contribution in [1.82, 2.24) is 10.2 Å². The van der Waals surface area contributed by atoms with Crippen LogP contribution in [0.15, 0.2) is 5.16 Å². The fraction of sp³-hybridized carbons (Fsp3) is 0.857. The number of nitrogens with one attached hydrogen (secondary N) is 1. The van der Waals surface area contributed by atoms with Gasteiger partial charge < -0.3 is 21.0 Å². The van der Waals surface area contributed by atoms with E-state index in [-0.39, 0.29) is 23.8 Å². The minimum Gasteiger partial charge on any atom is -0.409 e. The number of amidine groups is 1. The van der Waals surface area contributed by atoms with Crippen molar-refractivity contribution in [1.29, 1.82) is 0 Å². The van der Waals surface area contributed by atoms with Crippen LogP contribution in [-0.2, 0) is 9.53 Å². The van der Waals surface area contributed by atoms with Crippen molar-refractivity contribution < 1.29 is 14.7 Å². The van der Waals surface area contributed by atoms with Gasteiger partial charge in [0.05, 0.1) is 12.7 Å². The van der Waals surface area contributed by atoms with Crippen molar-refractivity contribution in [2.75, 3.05) is 26.2 Å². The van der Waals surface area contributed by atoms with Crippen molar-refractivity contribution in [2.45, 2.75) is 38.8 Å². The smallest absolute Gasteiger partial charge is 0.231 e. The SMILES string of the molecule is CC(C)C(C(=O)NCC1CN2CCCC2CO1)C(N)=NO. The molecule has 0 aliphatic carbocycles. The van der Waals surface area contributed by atoms with Gasteiger partial charge in [-0.15, -0.1) is 0 Å². The first-order chi connectivity index (χ1) is 10.0. The van der Waals surface area contributed by atoms with Gasteiger partial charge in [-0.1, -0.05) is 19.0 Å². The molecule has 7 nitrogen and oxygen atoms in total. The quantitative estimate of drug-likeness (QED) is 0.287. The van der Waals surface area contributed by atoms with Gasteiger partial charge in [0, 0.05) is 19.1 Å². The molecule has 0 aromatic rings. The Bertz CT molecular complexity index is 400. The van der Waals surface area contributed by atoms with E-state index in [1.54, 1.807) is 0 Å². The minimum atomic E-state index is -0.613. The zero-order chi connectivity index (χ0) is 15.4. The highest BCUT2D eigenvalue weighted by Gasteiger charge is 2.33. The predicted molar refractivity (Wildman–Crippen MR) is 79.1 cm³/mol. The molecule has 3 unspecified atom stereocenters. The summed E-state index contributed by atoms with van der Waals surface area (Å²) in [5.74, 6) is -0.909. The van der Waals surface area contributed by atoms with Crippen LogP contribution in [-0.4, -0.2) is 60.2 Å². The van der Waals surface area contributed by atoms with E-state index in [1.165, 1.54) is 12.8 Å². The molecule has 0 radical (unpaired) electrons. The molecule has 2 aliphatic heterocycles. The van der Waals surface area contributed by atoms with Crippen molar-refractivity contribution in [3.8, 4) is 0 Å². The molecule has 0 bridgehead atoms. The van der Waals surface area contributed by atoms with Crippen LogP contribution >= 0.6 is 0 Å². The molecular weight excluding hydrogens is 272 g/mol. The molecule has 21 heavy (non-hydrogen) atoms. The van der Waals surface area contributed by atoms with Gasteiger partial charge in [0.1, 0.15) is 5.92 Å². The van der Waals surface area contributed by atoms with Gasteiger partial charge in [-0.2, -0.15) is 0 Å². The number of oxime groups is 1. The van der Waals surface area contributed by atoms with E-state index in [1.807, 2.05) is 13.8 Å². The average molecular weight is 298 g/mol. The van der Waals surface area contributed by atoms with Crippen molar-refractivity contribution >= 4 is 11.7 Å². The molecule has 4 N–H and O–H groups in total. The molecule has 0 spiro atoms. The third-order valence-electron chi connectivity index (χ3n) is 4.35. The van der Waals surface area contributed by atoms with Crippen molar-refractivity contribution in [2.24, 2.45) is 22.7 Å². The highest BCUT2D eigenvalue weighted by Crippen LogP contribution is 2.22. The Kier molecular flexibility index (Phi) is 5.41. The lowest BCUT2D eigenvalue weighted by Crippen LogP contribution is -2.51.